The Bertz CT molecular complexity index is 1240. The molecule has 6 nitrogen and oxygen atoms in total. The Morgan fingerprint density at radius 2 is 1.81 bits per heavy atom. The molecule has 0 bridgehead atoms. The summed E-state index contributed by atoms with van der Waals surface area (Å²) in [5.41, 5.74) is 3.01. The van der Waals surface area contributed by atoms with Crippen LogP contribution in [0.4, 0.5) is 17.1 Å². The maximum Gasteiger partial charge on any atom is 0.336 e. The number of fused-ring (bicyclic) bond motifs is 3. The topological polar surface area (TPSA) is 84.5 Å². The number of rotatable bonds is 3. The summed E-state index contributed by atoms with van der Waals surface area (Å²) in [6.07, 6.45) is 1.52. The van der Waals surface area contributed by atoms with E-state index < -0.39 is 5.63 Å². The van der Waals surface area contributed by atoms with Gasteiger partial charge in [0.05, 0.1) is 16.8 Å². The Labute approximate surface area is 158 Å². The number of carbonyl (C=O) groups is 1. The molecule has 27 heavy (non-hydrogen) atoms. The summed E-state index contributed by atoms with van der Waals surface area (Å²) < 4.78 is 11.2. The molecule has 1 amide bonds. The van der Waals surface area contributed by atoms with Crippen LogP contribution in [0.1, 0.15) is 12.5 Å². The van der Waals surface area contributed by atoms with Gasteiger partial charge in [-0.2, -0.15) is 0 Å². The Morgan fingerprint density at radius 1 is 1.07 bits per heavy atom. The van der Waals surface area contributed by atoms with E-state index in [1.54, 1.807) is 18.2 Å². The first-order valence-electron chi connectivity index (χ1n) is 8.21. The lowest BCUT2D eigenvalue weighted by molar-refractivity contribution is -0.114. The Balaban J connectivity index is 2.00. The molecule has 0 aliphatic carbocycles. The molecule has 2 aromatic heterocycles. The summed E-state index contributed by atoms with van der Waals surface area (Å²) in [7, 11) is 0. The second-order valence-corrected chi connectivity index (χ2v) is 6.65. The fraction of sp³-hybridized carbons (Fsp3) is 0.100. The zero-order valence-corrected chi connectivity index (χ0v) is 15.3. The van der Waals surface area contributed by atoms with Crippen LogP contribution in [0, 0.1) is 6.92 Å². The van der Waals surface area contributed by atoms with Crippen molar-refractivity contribution in [1.82, 2.24) is 0 Å². The molecule has 7 heteroatoms. The number of nitrogens with one attached hydrogen (secondary N) is 2. The molecule has 2 aromatic carbocycles. The van der Waals surface area contributed by atoms with Gasteiger partial charge in [0, 0.05) is 29.1 Å². The molecule has 0 spiro atoms. The van der Waals surface area contributed by atoms with Gasteiger partial charge in [-0.3, -0.25) is 4.79 Å². The van der Waals surface area contributed by atoms with Crippen molar-refractivity contribution in [2.75, 3.05) is 10.6 Å². The number of benzene rings is 2. The zero-order valence-electron chi connectivity index (χ0n) is 14.6. The molecule has 0 radical (unpaired) electrons. The van der Waals surface area contributed by atoms with Crippen LogP contribution in [-0.4, -0.2) is 5.91 Å². The minimum Gasteiger partial charge on any atom is -0.460 e. The van der Waals surface area contributed by atoms with E-state index in [-0.39, 0.29) is 5.91 Å². The van der Waals surface area contributed by atoms with Crippen LogP contribution in [-0.2, 0) is 4.79 Å². The van der Waals surface area contributed by atoms with Crippen molar-refractivity contribution in [3.8, 4) is 0 Å². The summed E-state index contributed by atoms with van der Waals surface area (Å²) in [6, 6.07) is 10.3. The van der Waals surface area contributed by atoms with E-state index in [4.69, 9.17) is 20.4 Å². The van der Waals surface area contributed by atoms with Crippen molar-refractivity contribution >= 4 is 56.5 Å². The van der Waals surface area contributed by atoms with Gasteiger partial charge >= 0.3 is 5.63 Å². The molecular formula is C20H15ClN2O4. The first-order chi connectivity index (χ1) is 12.9. The van der Waals surface area contributed by atoms with Crippen LogP contribution in [0.5, 0.6) is 0 Å². The van der Waals surface area contributed by atoms with Gasteiger partial charge in [0.2, 0.25) is 5.91 Å². The average Bonchev–Trinajstić information content (AvgIpc) is 3.02. The number of aryl methyl sites for hydroxylation is 1. The second-order valence-electron chi connectivity index (χ2n) is 6.22. The molecule has 2 heterocycles. The number of furan rings is 1. The standard InChI is InChI=1S/C20H15ClN2O4/c1-10-7-17(25)27-19-14(10)8-15(22-11(2)24)20-18(19)16(9-26-20)23-13-5-3-12(21)4-6-13/h3-9,23H,1-2H3,(H,22,24). The quantitative estimate of drug-likeness (QED) is 0.475. The number of carbonyl (C=O) groups excluding carboxylic acids is 1. The molecule has 0 atom stereocenters. The number of halogens is 1. The molecule has 0 aliphatic rings. The predicted molar refractivity (Wildman–Crippen MR) is 106 cm³/mol. The Morgan fingerprint density at radius 3 is 2.52 bits per heavy atom. The average molecular weight is 383 g/mol. The van der Waals surface area contributed by atoms with Gasteiger partial charge in [-0.1, -0.05) is 11.6 Å². The molecule has 4 rings (SSSR count). The van der Waals surface area contributed by atoms with Crippen LogP contribution in [0.15, 0.2) is 56.3 Å². The fourth-order valence-corrected chi connectivity index (χ4v) is 3.16. The van der Waals surface area contributed by atoms with Crippen LogP contribution in [0.25, 0.3) is 21.9 Å². The van der Waals surface area contributed by atoms with Crippen molar-refractivity contribution in [3.63, 3.8) is 0 Å². The van der Waals surface area contributed by atoms with Crippen LogP contribution in [0.2, 0.25) is 5.02 Å². The highest BCUT2D eigenvalue weighted by Gasteiger charge is 2.19. The zero-order chi connectivity index (χ0) is 19.1. The van der Waals surface area contributed by atoms with Crippen molar-refractivity contribution in [2.45, 2.75) is 13.8 Å². The van der Waals surface area contributed by atoms with Crippen LogP contribution < -0.4 is 16.3 Å². The lowest BCUT2D eigenvalue weighted by atomic mass is 10.1. The van der Waals surface area contributed by atoms with Crippen LogP contribution in [0.3, 0.4) is 0 Å². The smallest absolute Gasteiger partial charge is 0.336 e. The van der Waals surface area contributed by atoms with Gasteiger partial charge in [-0.15, -0.1) is 0 Å². The first-order valence-corrected chi connectivity index (χ1v) is 8.59. The van der Waals surface area contributed by atoms with Crippen molar-refractivity contribution < 1.29 is 13.6 Å². The monoisotopic (exact) mass is 382 g/mol. The van der Waals surface area contributed by atoms with E-state index in [1.165, 1.54) is 19.3 Å². The highest BCUT2D eigenvalue weighted by Crippen LogP contribution is 2.39. The molecule has 0 aliphatic heterocycles. The number of hydrogen-bond donors (Lipinski definition) is 2. The van der Waals surface area contributed by atoms with E-state index >= 15 is 0 Å². The summed E-state index contributed by atoms with van der Waals surface area (Å²) >= 11 is 5.93. The summed E-state index contributed by atoms with van der Waals surface area (Å²) in [4.78, 5) is 23.5. The third-order valence-electron chi connectivity index (χ3n) is 4.19. The third-order valence-corrected chi connectivity index (χ3v) is 4.44. The normalized spacial score (nSPS) is 11.1. The molecule has 0 fully saturated rings. The highest BCUT2D eigenvalue weighted by atomic mass is 35.5. The molecule has 4 aromatic rings. The lowest BCUT2D eigenvalue weighted by Crippen LogP contribution is -2.07. The van der Waals surface area contributed by atoms with Crippen molar-refractivity contribution in [1.29, 1.82) is 0 Å². The summed E-state index contributed by atoms with van der Waals surface area (Å²) in [5, 5.41) is 7.92. The van der Waals surface area contributed by atoms with E-state index in [9.17, 15) is 9.59 Å². The molecule has 136 valence electrons. The van der Waals surface area contributed by atoms with Crippen molar-refractivity contribution in [2.24, 2.45) is 0 Å². The highest BCUT2D eigenvalue weighted by molar-refractivity contribution is 6.30. The largest absolute Gasteiger partial charge is 0.460 e. The van der Waals surface area contributed by atoms with Gasteiger partial charge in [-0.25, -0.2) is 4.79 Å². The van der Waals surface area contributed by atoms with E-state index in [1.807, 2.05) is 19.1 Å². The van der Waals surface area contributed by atoms with Gasteiger partial charge in [0.25, 0.3) is 0 Å². The van der Waals surface area contributed by atoms with Gasteiger partial charge < -0.3 is 19.5 Å². The van der Waals surface area contributed by atoms with Crippen molar-refractivity contribution in [3.05, 3.63) is 63.7 Å². The first kappa shape index (κ1) is 17.2. The Kier molecular flexibility index (Phi) is 4.12. The fourth-order valence-electron chi connectivity index (χ4n) is 3.04. The van der Waals surface area contributed by atoms with E-state index in [0.29, 0.717) is 38.3 Å². The number of amides is 1. The molecule has 0 saturated heterocycles. The summed E-state index contributed by atoms with van der Waals surface area (Å²) in [6.45, 7) is 3.23. The van der Waals surface area contributed by atoms with Gasteiger partial charge in [-0.05, 0) is 42.8 Å². The maximum absolute atomic E-state index is 11.9. The Hall–Kier alpha value is -3.25. The maximum atomic E-state index is 11.9. The third kappa shape index (κ3) is 3.15. The van der Waals surface area contributed by atoms with Gasteiger partial charge in [0.1, 0.15) is 6.26 Å². The van der Waals surface area contributed by atoms with Gasteiger partial charge in [0.15, 0.2) is 11.2 Å². The molecular weight excluding hydrogens is 368 g/mol. The molecule has 2 N–H and O–H groups in total. The van der Waals surface area contributed by atoms with E-state index in [2.05, 4.69) is 10.6 Å². The number of hydrogen-bond acceptors (Lipinski definition) is 5. The predicted octanol–water partition coefficient (Wildman–Crippen LogP) is 5.20. The molecule has 0 unspecified atom stereocenters. The molecule has 0 saturated carbocycles. The second kappa shape index (κ2) is 6.48. The number of anilines is 3. The summed E-state index contributed by atoms with van der Waals surface area (Å²) in [5.74, 6) is -0.228. The lowest BCUT2D eigenvalue weighted by Gasteiger charge is -2.09. The SMILES string of the molecule is CC(=O)Nc1cc2c(C)cc(=O)oc2c2c(Nc3ccc(Cl)cc3)coc12. The van der Waals surface area contributed by atoms with Crippen LogP contribution >= 0.6 is 11.6 Å². The minimum absolute atomic E-state index is 0.228. The van der Waals surface area contributed by atoms with E-state index in [0.717, 1.165) is 11.3 Å². The minimum atomic E-state index is -0.452.